The van der Waals surface area contributed by atoms with Crippen LogP contribution >= 0.6 is 0 Å². The third kappa shape index (κ3) is 62.3. The van der Waals surface area contributed by atoms with Crippen LogP contribution in [0.4, 0.5) is 0 Å². The average molecular weight is 249 g/mol. The predicted molar refractivity (Wildman–Crippen MR) is 10.5 cm³/mol. The molecule has 0 bridgehead atoms. The van der Waals surface area contributed by atoms with Gasteiger partial charge in [-0.1, -0.05) is 0 Å². The Kier molecular flexibility index (Phi) is 50.4. The normalized spacial score (nSPS) is 6.44. The number of halogens is 1. The van der Waals surface area contributed by atoms with Crippen molar-refractivity contribution in [3.8, 4) is 0 Å². The van der Waals surface area contributed by atoms with Crippen LogP contribution in [0.3, 0.4) is 0 Å². The molecular formula is ClK3O4S. The molecule has 0 saturated carbocycles. The first-order chi connectivity index (χ1) is 2.00. The van der Waals surface area contributed by atoms with Crippen LogP contribution in [-0.2, 0) is 10.4 Å². The van der Waals surface area contributed by atoms with Crippen molar-refractivity contribution in [2.24, 2.45) is 0 Å². The monoisotopic (exact) mass is 248 g/mol. The maximum atomic E-state index is 8.52. The Morgan fingerprint density at radius 2 is 0.889 bits per heavy atom. The van der Waals surface area contributed by atoms with Crippen molar-refractivity contribution in [2.75, 3.05) is 0 Å². The first-order valence-electron chi connectivity index (χ1n) is 0.667. The Balaban J connectivity index is -0.0000000133. The molecule has 0 aromatic rings. The van der Waals surface area contributed by atoms with Gasteiger partial charge >= 0.3 is 154 Å². The molecule has 0 aromatic heterocycles. The van der Waals surface area contributed by atoms with Crippen LogP contribution < -0.4 is 167 Å². The van der Waals surface area contributed by atoms with Crippen molar-refractivity contribution in [1.82, 2.24) is 0 Å². The van der Waals surface area contributed by atoms with E-state index in [0.717, 1.165) is 0 Å². The average Bonchev–Trinajstić information content (AvgIpc) is 0.722. The molecule has 0 aliphatic heterocycles. The second-order valence-corrected chi connectivity index (χ2v) is 1.22. The van der Waals surface area contributed by atoms with E-state index in [1.54, 1.807) is 0 Å². The van der Waals surface area contributed by atoms with Crippen molar-refractivity contribution in [3.63, 3.8) is 0 Å². The minimum Gasteiger partial charge on any atom is -1.00 e. The largest absolute Gasteiger partial charge is 1.00 e. The van der Waals surface area contributed by atoms with E-state index in [0.29, 0.717) is 0 Å². The Morgan fingerprint density at radius 3 is 0.889 bits per heavy atom. The van der Waals surface area contributed by atoms with E-state index in [9.17, 15) is 0 Å². The van der Waals surface area contributed by atoms with E-state index < -0.39 is 10.4 Å². The Bertz CT molecular complexity index is 99.0. The van der Waals surface area contributed by atoms with Gasteiger partial charge in [0, 0.05) is 10.4 Å². The third-order valence-electron chi connectivity index (χ3n) is 0. The van der Waals surface area contributed by atoms with E-state index in [1.807, 2.05) is 0 Å². The van der Waals surface area contributed by atoms with Gasteiger partial charge in [-0.05, 0) is 0 Å². The molecule has 0 amide bonds. The van der Waals surface area contributed by atoms with Crippen molar-refractivity contribution >= 4 is 10.4 Å². The molecule has 0 radical (unpaired) electrons. The van der Waals surface area contributed by atoms with Gasteiger partial charge in [0.25, 0.3) is 0 Å². The Labute approximate surface area is 188 Å². The molecule has 0 aromatic carbocycles. The maximum absolute atomic E-state index is 8.52. The zero-order valence-electron chi connectivity index (χ0n) is 5.42. The summed E-state index contributed by atoms with van der Waals surface area (Å²) in [6, 6.07) is 0. The van der Waals surface area contributed by atoms with E-state index in [4.69, 9.17) is 17.5 Å². The molecule has 0 fully saturated rings. The first-order valence-corrected chi connectivity index (χ1v) is 2.00. The van der Waals surface area contributed by atoms with Crippen molar-refractivity contribution in [2.45, 2.75) is 0 Å². The molecule has 0 unspecified atom stereocenters. The maximum Gasteiger partial charge on any atom is 1.00 e. The van der Waals surface area contributed by atoms with Gasteiger partial charge in [-0.2, -0.15) is 0 Å². The van der Waals surface area contributed by atoms with Crippen LogP contribution in [0.15, 0.2) is 0 Å². The Morgan fingerprint density at radius 1 is 0.889 bits per heavy atom. The quantitative estimate of drug-likeness (QED) is 0.242. The van der Waals surface area contributed by atoms with Gasteiger partial charge in [-0.15, -0.1) is 0 Å². The van der Waals surface area contributed by atoms with Gasteiger partial charge in [0.05, 0.1) is 0 Å². The predicted octanol–water partition coefficient (Wildman–Crippen LogP) is -13.3. The van der Waals surface area contributed by atoms with Crippen LogP contribution in [0.25, 0.3) is 0 Å². The fourth-order valence-electron chi connectivity index (χ4n) is 0. The van der Waals surface area contributed by atoms with Gasteiger partial charge in [-0.25, -0.2) is 0 Å². The molecule has 40 valence electrons. The zero-order valence-corrected chi connectivity index (χ0v) is 16.4. The summed E-state index contributed by atoms with van der Waals surface area (Å²) in [6.07, 6.45) is 0. The van der Waals surface area contributed by atoms with Crippen LogP contribution in [0, 0.1) is 0 Å². The molecule has 0 heterocycles. The first kappa shape index (κ1) is 29.2. The van der Waals surface area contributed by atoms with E-state index >= 15 is 0 Å². The van der Waals surface area contributed by atoms with E-state index in [-0.39, 0.29) is 167 Å². The summed E-state index contributed by atoms with van der Waals surface area (Å²) in [4.78, 5) is 0. The number of hydrogen-bond acceptors (Lipinski definition) is 4. The summed E-state index contributed by atoms with van der Waals surface area (Å²) < 4.78 is 34.1. The van der Waals surface area contributed by atoms with Gasteiger partial charge in [0.2, 0.25) is 0 Å². The van der Waals surface area contributed by atoms with E-state index in [2.05, 4.69) is 0 Å². The molecule has 9 heteroatoms. The summed E-state index contributed by atoms with van der Waals surface area (Å²) in [5.74, 6) is 0. The molecule has 0 atom stereocenters. The van der Waals surface area contributed by atoms with Gasteiger partial charge in [0.1, 0.15) is 0 Å². The standard InChI is InChI=1S/ClH.3K.H2O4S/c;;;;1-5(2,3)4/h1H;;;;(H2,1,2,3,4)/q;3*+1;/p-3. The second kappa shape index (κ2) is 15.5. The molecular weight excluding hydrogens is 249 g/mol. The van der Waals surface area contributed by atoms with E-state index in [1.165, 1.54) is 0 Å². The number of rotatable bonds is 0. The third-order valence-corrected chi connectivity index (χ3v) is 0. The van der Waals surface area contributed by atoms with Crippen LogP contribution in [0.2, 0.25) is 0 Å². The van der Waals surface area contributed by atoms with Gasteiger partial charge < -0.3 is 21.5 Å². The summed E-state index contributed by atoms with van der Waals surface area (Å²) in [6.45, 7) is 0. The summed E-state index contributed by atoms with van der Waals surface area (Å²) in [7, 11) is -5.17. The summed E-state index contributed by atoms with van der Waals surface area (Å²) >= 11 is 0. The molecule has 4 nitrogen and oxygen atoms in total. The van der Waals surface area contributed by atoms with Crippen molar-refractivity contribution in [1.29, 1.82) is 0 Å². The smallest absolute Gasteiger partial charge is 1.00 e. The fraction of sp³-hybridized carbons (Fsp3) is 0. The summed E-state index contributed by atoms with van der Waals surface area (Å²) in [5, 5.41) is 0. The Hall–Kier alpha value is 5.07. The van der Waals surface area contributed by atoms with Crippen LogP contribution in [-0.4, -0.2) is 17.5 Å². The van der Waals surface area contributed by atoms with Gasteiger partial charge in [0.15, 0.2) is 0 Å². The second-order valence-electron chi connectivity index (χ2n) is 0.408. The minimum absolute atomic E-state index is 0. The zero-order chi connectivity index (χ0) is 4.50. The fourth-order valence-corrected chi connectivity index (χ4v) is 0. The van der Waals surface area contributed by atoms with Crippen molar-refractivity contribution in [3.05, 3.63) is 0 Å². The molecule has 0 aliphatic carbocycles. The molecule has 0 spiro atoms. The summed E-state index contributed by atoms with van der Waals surface area (Å²) in [5.41, 5.74) is 0. The number of hydrogen-bond donors (Lipinski definition) is 0. The van der Waals surface area contributed by atoms with Crippen molar-refractivity contribution < 1.29 is 184 Å². The molecule has 0 rings (SSSR count). The minimum atomic E-state index is -5.17. The topological polar surface area (TPSA) is 80.3 Å². The molecule has 9 heavy (non-hydrogen) atoms. The van der Waals surface area contributed by atoms with Crippen LogP contribution in [0.5, 0.6) is 0 Å². The molecule has 0 N–H and O–H groups in total. The molecule has 0 aliphatic rings. The molecule has 0 saturated heterocycles. The SMILES string of the molecule is O=S(=O)([O-])[O-].[Cl-].[K+].[K+].[K+]. The van der Waals surface area contributed by atoms with Crippen LogP contribution in [0.1, 0.15) is 0 Å². The van der Waals surface area contributed by atoms with Gasteiger partial charge in [-0.3, -0.25) is 8.42 Å².